The van der Waals surface area contributed by atoms with Crippen LogP contribution < -0.4 is 4.90 Å². The number of carbonyl (C=O) groups is 2. The van der Waals surface area contributed by atoms with Gasteiger partial charge in [0.05, 0.1) is 17.8 Å². The third-order valence-electron chi connectivity index (χ3n) is 7.38. The molecule has 3 heterocycles. The fourth-order valence-corrected chi connectivity index (χ4v) is 5.19. The first kappa shape index (κ1) is 26.7. The Labute approximate surface area is 223 Å². The number of hydrogen-bond donors (Lipinski definition) is 1. The molecule has 0 bridgehead atoms. The van der Waals surface area contributed by atoms with Crippen LogP contribution in [0, 0.1) is 17.5 Å². The van der Waals surface area contributed by atoms with Crippen molar-refractivity contribution in [3.05, 3.63) is 71.2 Å². The molecule has 5 rings (SSSR count). The van der Waals surface area contributed by atoms with Crippen molar-refractivity contribution in [2.75, 3.05) is 24.5 Å². The lowest BCUT2D eigenvalue weighted by molar-refractivity contribution is -0.000950. The van der Waals surface area contributed by atoms with Gasteiger partial charge in [0, 0.05) is 68.1 Å². The van der Waals surface area contributed by atoms with Crippen molar-refractivity contribution in [1.82, 2.24) is 14.7 Å². The Bertz CT molecular complexity index is 1380. The van der Waals surface area contributed by atoms with Gasteiger partial charge in [-0.05, 0) is 36.8 Å². The predicted molar refractivity (Wildman–Crippen MR) is 137 cm³/mol. The molecule has 1 amide bonds. The molecule has 0 saturated carbocycles. The van der Waals surface area contributed by atoms with Crippen LogP contribution in [0.4, 0.5) is 23.7 Å². The molecule has 206 valence electrons. The highest BCUT2D eigenvalue weighted by Crippen LogP contribution is 2.37. The van der Waals surface area contributed by atoms with Crippen molar-refractivity contribution in [2.45, 2.75) is 51.3 Å². The number of aromatic nitrogens is 2. The smallest absolute Gasteiger partial charge is 0.415 e. The number of ether oxygens (including phenoxy) is 1. The third-order valence-corrected chi connectivity index (χ3v) is 7.38. The van der Waals surface area contributed by atoms with Crippen LogP contribution in [0.1, 0.15) is 48.5 Å². The number of carboxylic acid groups (broad SMARTS) is 1. The Balaban J connectivity index is 1.30. The van der Waals surface area contributed by atoms with Crippen LogP contribution in [0.3, 0.4) is 0 Å². The minimum Gasteiger partial charge on any atom is -0.478 e. The number of carboxylic acids is 1. The van der Waals surface area contributed by atoms with Crippen LogP contribution in [-0.4, -0.2) is 57.1 Å². The van der Waals surface area contributed by atoms with E-state index in [2.05, 4.69) is 10.00 Å². The van der Waals surface area contributed by atoms with Crippen molar-refractivity contribution in [3.63, 3.8) is 0 Å². The minimum absolute atomic E-state index is 0.132. The van der Waals surface area contributed by atoms with Crippen molar-refractivity contribution in [3.8, 4) is 11.3 Å². The summed E-state index contributed by atoms with van der Waals surface area (Å²) in [6, 6.07) is 7.56. The second-order valence-corrected chi connectivity index (χ2v) is 10.1. The molecule has 2 saturated heterocycles. The predicted octanol–water partition coefficient (Wildman–Crippen LogP) is 5.46. The maximum atomic E-state index is 14.7. The zero-order chi connectivity index (χ0) is 27.7. The molecule has 8 nitrogen and oxygen atoms in total. The van der Waals surface area contributed by atoms with E-state index in [4.69, 9.17) is 9.84 Å². The molecule has 0 atom stereocenters. The van der Waals surface area contributed by atoms with E-state index in [1.165, 1.54) is 17.0 Å². The minimum atomic E-state index is -1.26. The SMILES string of the molecule is CCCCn1cc(CN2CCC3(CC2)CN(c2ccc(C(=O)O)cc2)C(=O)O3)c(-c2cc(F)cc(F)c2F)n1. The number of benzene rings is 2. The Morgan fingerprint density at radius 3 is 2.51 bits per heavy atom. The lowest BCUT2D eigenvalue weighted by atomic mass is 9.91. The van der Waals surface area contributed by atoms with Crippen LogP contribution in [-0.2, 0) is 17.8 Å². The van der Waals surface area contributed by atoms with E-state index in [9.17, 15) is 22.8 Å². The number of halogens is 3. The fourth-order valence-electron chi connectivity index (χ4n) is 5.19. The highest BCUT2D eigenvalue weighted by atomic mass is 19.2. The zero-order valence-electron chi connectivity index (χ0n) is 21.5. The summed E-state index contributed by atoms with van der Waals surface area (Å²) in [5.74, 6) is -4.31. The molecule has 3 aromatic rings. The molecule has 2 aliphatic heterocycles. The molecular weight excluding hydrogens is 513 g/mol. The van der Waals surface area contributed by atoms with Gasteiger partial charge in [-0.2, -0.15) is 5.10 Å². The molecule has 1 aromatic heterocycles. The number of aryl methyl sites for hydroxylation is 1. The number of nitrogens with zero attached hydrogens (tertiary/aromatic N) is 4. The Morgan fingerprint density at radius 1 is 1.13 bits per heavy atom. The van der Waals surface area contributed by atoms with E-state index in [1.54, 1.807) is 23.0 Å². The summed E-state index contributed by atoms with van der Waals surface area (Å²) < 4.78 is 50.2. The number of rotatable bonds is 8. The molecule has 39 heavy (non-hydrogen) atoms. The molecule has 2 aromatic carbocycles. The summed E-state index contributed by atoms with van der Waals surface area (Å²) in [5.41, 5.74) is 0.691. The average Bonchev–Trinajstić information content (AvgIpc) is 3.46. The Hall–Kier alpha value is -3.86. The number of piperidine rings is 1. The van der Waals surface area contributed by atoms with Gasteiger partial charge in [0.25, 0.3) is 0 Å². The standard InChI is InChI=1S/C28H29F3N4O4/c1-2-3-10-34-16-19(25(32-34)22-13-20(29)14-23(30)24(22)31)15-33-11-8-28(9-12-33)17-35(27(38)39-28)21-6-4-18(5-7-21)26(36)37/h4-7,13-14,16H,2-3,8-12,15,17H2,1H3,(H,36,37). The van der Waals surface area contributed by atoms with E-state index in [0.29, 0.717) is 62.9 Å². The summed E-state index contributed by atoms with van der Waals surface area (Å²) in [5, 5.41) is 13.6. The van der Waals surface area contributed by atoms with Crippen molar-refractivity contribution in [1.29, 1.82) is 0 Å². The third kappa shape index (κ3) is 5.49. The monoisotopic (exact) mass is 542 g/mol. The van der Waals surface area contributed by atoms with Crippen molar-refractivity contribution < 1.29 is 32.6 Å². The quantitative estimate of drug-likeness (QED) is 0.381. The average molecular weight is 543 g/mol. The number of amides is 1. The molecule has 1 spiro atoms. The van der Waals surface area contributed by atoms with E-state index in [-0.39, 0.29) is 16.8 Å². The summed E-state index contributed by atoms with van der Waals surface area (Å²) in [6.07, 6.45) is 4.23. The molecule has 0 radical (unpaired) electrons. The van der Waals surface area contributed by atoms with Gasteiger partial charge in [-0.25, -0.2) is 22.8 Å². The van der Waals surface area contributed by atoms with Gasteiger partial charge in [-0.15, -0.1) is 0 Å². The van der Waals surface area contributed by atoms with Gasteiger partial charge < -0.3 is 9.84 Å². The summed E-state index contributed by atoms with van der Waals surface area (Å²) in [4.78, 5) is 27.5. The van der Waals surface area contributed by atoms with Gasteiger partial charge in [0.1, 0.15) is 11.4 Å². The topological polar surface area (TPSA) is 87.9 Å². The van der Waals surface area contributed by atoms with Crippen LogP contribution >= 0.6 is 0 Å². The maximum absolute atomic E-state index is 14.7. The first-order valence-corrected chi connectivity index (χ1v) is 13.0. The summed E-state index contributed by atoms with van der Waals surface area (Å²) in [7, 11) is 0. The first-order valence-electron chi connectivity index (χ1n) is 13.0. The molecule has 1 N–H and O–H groups in total. The van der Waals surface area contributed by atoms with Crippen LogP contribution in [0.15, 0.2) is 42.6 Å². The van der Waals surface area contributed by atoms with Gasteiger partial charge >= 0.3 is 12.1 Å². The van der Waals surface area contributed by atoms with Crippen molar-refractivity contribution >= 4 is 17.7 Å². The molecule has 0 unspecified atom stereocenters. The lowest BCUT2D eigenvalue weighted by Crippen LogP contribution is -2.46. The Kier molecular flexibility index (Phi) is 7.35. The Morgan fingerprint density at radius 2 is 1.85 bits per heavy atom. The van der Waals surface area contributed by atoms with Crippen LogP contribution in [0.2, 0.25) is 0 Å². The van der Waals surface area contributed by atoms with E-state index >= 15 is 0 Å². The summed E-state index contributed by atoms with van der Waals surface area (Å²) in [6.45, 7) is 4.55. The van der Waals surface area contributed by atoms with Gasteiger partial charge in [-0.3, -0.25) is 14.5 Å². The van der Waals surface area contributed by atoms with E-state index < -0.39 is 35.1 Å². The molecule has 2 fully saturated rings. The van der Waals surface area contributed by atoms with Crippen LogP contribution in [0.25, 0.3) is 11.3 Å². The summed E-state index contributed by atoms with van der Waals surface area (Å²) >= 11 is 0. The van der Waals surface area contributed by atoms with Crippen molar-refractivity contribution in [2.24, 2.45) is 0 Å². The molecule has 11 heteroatoms. The van der Waals surface area contributed by atoms with E-state index in [1.807, 2.05) is 6.92 Å². The highest BCUT2D eigenvalue weighted by Gasteiger charge is 2.47. The first-order chi connectivity index (χ1) is 18.7. The van der Waals surface area contributed by atoms with E-state index in [0.717, 1.165) is 18.9 Å². The maximum Gasteiger partial charge on any atom is 0.415 e. The fraction of sp³-hybridized carbons (Fsp3) is 0.393. The largest absolute Gasteiger partial charge is 0.478 e. The number of hydrogen-bond acceptors (Lipinski definition) is 5. The van der Waals surface area contributed by atoms with Crippen LogP contribution in [0.5, 0.6) is 0 Å². The number of unbranched alkanes of at least 4 members (excludes halogenated alkanes) is 1. The molecule has 0 aliphatic carbocycles. The molecule has 2 aliphatic rings. The van der Waals surface area contributed by atoms with Gasteiger partial charge in [0.2, 0.25) is 0 Å². The second kappa shape index (κ2) is 10.7. The second-order valence-electron chi connectivity index (χ2n) is 10.1. The number of carbonyl (C=O) groups excluding carboxylic acids is 1. The number of anilines is 1. The number of aromatic carboxylic acids is 1. The molecular formula is C28H29F3N4O4. The normalized spacial score (nSPS) is 17.1. The highest BCUT2D eigenvalue weighted by molar-refractivity contribution is 5.92. The zero-order valence-corrected chi connectivity index (χ0v) is 21.5. The van der Waals surface area contributed by atoms with Gasteiger partial charge in [0.15, 0.2) is 11.6 Å². The number of likely N-dealkylation sites (tertiary alicyclic amines) is 1. The lowest BCUT2D eigenvalue weighted by Gasteiger charge is -2.37. The van der Waals surface area contributed by atoms with Gasteiger partial charge in [-0.1, -0.05) is 13.3 Å².